The van der Waals surface area contributed by atoms with Crippen LogP contribution in [-0.4, -0.2) is 10.7 Å². The lowest BCUT2D eigenvalue weighted by atomic mass is 9.89. The summed E-state index contributed by atoms with van der Waals surface area (Å²) in [6, 6.07) is 16.2. The third-order valence-corrected chi connectivity index (χ3v) is 5.78. The smallest absolute Gasteiger partial charge is 0.171 e. The number of hydrogen-bond donors (Lipinski definition) is 2. The molecule has 2 N–H and O–H groups in total. The molecule has 2 aromatic rings. The summed E-state index contributed by atoms with van der Waals surface area (Å²) >= 11 is 15.1. The lowest BCUT2D eigenvalue weighted by molar-refractivity contribution is 0.362. The fourth-order valence-corrected chi connectivity index (χ4v) is 4.35. The highest BCUT2D eigenvalue weighted by molar-refractivity contribution is 9.10. The van der Waals surface area contributed by atoms with Crippen molar-refractivity contribution < 1.29 is 0 Å². The van der Waals surface area contributed by atoms with Gasteiger partial charge in [0.1, 0.15) is 0 Å². The van der Waals surface area contributed by atoms with Crippen LogP contribution in [0.15, 0.2) is 53.0 Å². The van der Waals surface area contributed by atoms with Gasteiger partial charge >= 0.3 is 0 Å². The highest BCUT2D eigenvalue weighted by atomic mass is 79.9. The second-order valence-corrected chi connectivity index (χ2v) is 8.46. The molecule has 1 aliphatic carbocycles. The van der Waals surface area contributed by atoms with Crippen molar-refractivity contribution in [3.05, 3.63) is 63.6 Å². The number of anilines is 1. The summed E-state index contributed by atoms with van der Waals surface area (Å²) in [6.07, 6.45) is 6.96. The minimum absolute atomic E-state index is 0.0930. The van der Waals surface area contributed by atoms with Crippen LogP contribution in [-0.2, 0) is 6.42 Å². The maximum atomic E-state index is 5.98. The molecule has 3 rings (SSSR count). The zero-order valence-electron chi connectivity index (χ0n) is 14.0. The van der Waals surface area contributed by atoms with Crippen LogP contribution in [0.1, 0.15) is 37.7 Å². The highest BCUT2D eigenvalue weighted by Gasteiger charge is 2.34. The van der Waals surface area contributed by atoms with E-state index in [1.165, 1.54) is 31.2 Å². The summed E-state index contributed by atoms with van der Waals surface area (Å²) in [7, 11) is 0. The van der Waals surface area contributed by atoms with E-state index in [0.29, 0.717) is 5.11 Å². The molecule has 25 heavy (non-hydrogen) atoms. The predicted molar refractivity (Wildman–Crippen MR) is 114 cm³/mol. The van der Waals surface area contributed by atoms with Crippen LogP contribution in [0.3, 0.4) is 0 Å². The molecule has 1 saturated carbocycles. The van der Waals surface area contributed by atoms with Gasteiger partial charge in [0.05, 0.1) is 0 Å². The lowest BCUT2D eigenvalue weighted by Crippen LogP contribution is -2.48. The highest BCUT2D eigenvalue weighted by Crippen LogP contribution is 2.34. The van der Waals surface area contributed by atoms with Crippen LogP contribution >= 0.6 is 39.7 Å². The van der Waals surface area contributed by atoms with Crippen molar-refractivity contribution >= 4 is 50.5 Å². The number of hydrogen-bond acceptors (Lipinski definition) is 1. The Morgan fingerprint density at radius 3 is 2.52 bits per heavy atom. The van der Waals surface area contributed by atoms with Gasteiger partial charge in [0, 0.05) is 20.7 Å². The second kappa shape index (κ2) is 8.52. The number of nitrogens with one attached hydrogen (secondary N) is 2. The minimum Gasteiger partial charge on any atom is -0.357 e. The van der Waals surface area contributed by atoms with E-state index in [4.69, 9.17) is 23.8 Å². The van der Waals surface area contributed by atoms with E-state index in [1.54, 1.807) is 0 Å². The molecule has 0 saturated heterocycles. The summed E-state index contributed by atoms with van der Waals surface area (Å²) in [5.74, 6) is 0. The molecule has 0 amide bonds. The molecule has 0 spiro atoms. The predicted octanol–water partition coefficient (Wildman–Crippen LogP) is 6.33. The maximum absolute atomic E-state index is 5.98. The molecule has 0 aliphatic heterocycles. The normalized spacial score (nSPS) is 15.8. The summed E-state index contributed by atoms with van der Waals surface area (Å²) in [6.45, 7) is 0. The fourth-order valence-electron chi connectivity index (χ4n) is 3.49. The largest absolute Gasteiger partial charge is 0.357 e. The van der Waals surface area contributed by atoms with E-state index in [0.717, 1.165) is 28.0 Å². The van der Waals surface area contributed by atoms with E-state index in [1.807, 2.05) is 36.4 Å². The minimum atomic E-state index is 0.0930. The lowest BCUT2D eigenvalue weighted by Gasteiger charge is -2.32. The van der Waals surface area contributed by atoms with E-state index in [9.17, 15) is 0 Å². The Hall–Kier alpha value is -1.10. The van der Waals surface area contributed by atoms with Crippen LogP contribution in [0, 0.1) is 0 Å². The third kappa shape index (κ3) is 5.44. The van der Waals surface area contributed by atoms with Crippen molar-refractivity contribution in [3.8, 4) is 0 Å². The molecule has 1 aliphatic rings. The first-order chi connectivity index (χ1) is 12.0. The van der Waals surface area contributed by atoms with Crippen molar-refractivity contribution in [3.63, 3.8) is 0 Å². The summed E-state index contributed by atoms with van der Waals surface area (Å²) in [5, 5.41) is 8.43. The van der Waals surface area contributed by atoms with Crippen LogP contribution in [0.25, 0.3) is 0 Å². The Balaban J connectivity index is 1.61. The Kier molecular flexibility index (Phi) is 6.37. The molecule has 0 heterocycles. The summed E-state index contributed by atoms with van der Waals surface area (Å²) in [5.41, 5.74) is 2.41. The van der Waals surface area contributed by atoms with Gasteiger partial charge in [0.15, 0.2) is 5.11 Å². The number of aryl methyl sites for hydroxylation is 1. The van der Waals surface area contributed by atoms with Gasteiger partial charge in [-0.2, -0.15) is 0 Å². The monoisotopic (exact) mass is 436 g/mol. The van der Waals surface area contributed by atoms with Crippen molar-refractivity contribution in [1.82, 2.24) is 5.32 Å². The van der Waals surface area contributed by atoms with E-state index in [2.05, 4.69) is 38.7 Å². The van der Waals surface area contributed by atoms with Crippen molar-refractivity contribution in [2.75, 3.05) is 5.32 Å². The molecule has 0 radical (unpaired) electrons. The number of rotatable bonds is 5. The Bertz CT molecular complexity index is 727. The average Bonchev–Trinajstić information content (AvgIpc) is 3.03. The summed E-state index contributed by atoms with van der Waals surface area (Å²) in [4.78, 5) is 0. The van der Waals surface area contributed by atoms with Crippen LogP contribution in [0.4, 0.5) is 5.69 Å². The van der Waals surface area contributed by atoms with Gasteiger partial charge in [-0.3, -0.25) is 0 Å². The topological polar surface area (TPSA) is 24.1 Å². The average molecular weight is 438 g/mol. The third-order valence-electron chi connectivity index (χ3n) is 4.83. The molecule has 0 aromatic heterocycles. The molecule has 0 atom stereocenters. The van der Waals surface area contributed by atoms with Gasteiger partial charge < -0.3 is 10.6 Å². The number of thiocarbonyl (C=S) groups is 1. The SMILES string of the molecule is S=C(Nc1cccc(Br)c1)NC1(CCc2ccc(Cl)cc2)CCCC1. The van der Waals surface area contributed by atoms with Crippen LogP contribution in [0.5, 0.6) is 0 Å². The molecule has 5 heteroatoms. The van der Waals surface area contributed by atoms with Gasteiger partial charge in [-0.05, 0) is 73.8 Å². The first kappa shape index (κ1) is 18.7. The van der Waals surface area contributed by atoms with E-state index >= 15 is 0 Å². The van der Waals surface area contributed by atoms with Crippen LogP contribution < -0.4 is 10.6 Å². The van der Waals surface area contributed by atoms with E-state index in [-0.39, 0.29) is 5.54 Å². The zero-order chi connectivity index (χ0) is 17.7. The summed E-state index contributed by atoms with van der Waals surface area (Å²) < 4.78 is 1.04. The van der Waals surface area contributed by atoms with Crippen molar-refractivity contribution in [1.29, 1.82) is 0 Å². The van der Waals surface area contributed by atoms with Gasteiger partial charge in [0.2, 0.25) is 0 Å². The molecular weight excluding hydrogens is 416 g/mol. The molecule has 2 aromatic carbocycles. The molecule has 0 bridgehead atoms. The number of benzene rings is 2. The Morgan fingerprint density at radius 1 is 1.12 bits per heavy atom. The standard InChI is InChI=1S/C20H22BrClN2S/c21-16-4-3-5-18(14-16)23-19(25)24-20(11-1-2-12-20)13-10-15-6-8-17(22)9-7-15/h3-9,14H,1-2,10-13H2,(H2,23,24,25). The Labute approximate surface area is 168 Å². The van der Waals surface area contributed by atoms with Crippen LogP contribution in [0.2, 0.25) is 5.02 Å². The number of halogens is 2. The first-order valence-corrected chi connectivity index (χ1v) is 10.2. The van der Waals surface area contributed by atoms with Crippen molar-refractivity contribution in [2.24, 2.45) is 0 Å². The zero-order valence-corrected chi connectivity index (χ0v) is 17.2. The van der Waals surface area contributed by atoms with Gasteiger partial charge in [-0.15, -0.1) is 0 Å². The fraction of sp³-hybridized carbons (Fsp3) is 0.350. The first-order valence-electron chi connectivity index (χ1n) is 8.64. The van der Waals surface area contributed by atoms with E-state index < -0.39 is 0 Å². The second-order valence-electron chi connectivity index (χ2n) is 6.70. The molecule has 1 fully saturated rings. The molecule has 132 valence electrons. The van der Waals surface area contributed by atoms with Gasteiger partial charge in [-0.25, -0.2) is 0 Å². The van der Waals surface area contributed by atoms with Gasteiger partial charge in [-0.1, -0.05) is 58.6 Å². The van der Waals surface area contributed by atoms with Crippen molar-refractivity contribution in [2.45, 2.75) is 44.1 Å². The Morgan fingerprint density at radius 2 is 1.84 bits per heavy atom. The quantitative estimate of drug-likeness (QED) is 0.534. The maximum Gasteiger partial charge on any atom is 0.171 e. The molecule has 2 nitrogen and oxygen atoms in total. The van der Waals surface area contributed by atoms with Gasteiger partial charge in [0.25, 0.3) is 0 Å². The molecule has 0 unspecified atom stereocenters. The molecular formula is C20H22BrClN2S.